The number of fused-ring (bicyclic) bond motifs is 2. The molecule has 6 nitrogen and oxygen atoms in total. The number of amides is 1. The molecule has 4 rings (SSSR count). The molecule has 0 saturated heterocycles. The van der Waals surface area contributed by atoms with Crippen LogP contribution in [-0.4, -0.2) is 30.1 Å². The van der Waals surface area contributed by atoms with E-state index in [0.29, 0.717) is 26.7 Å². The molecule has 29 heavy (non-hydrogen) atoms. The maximum absolute atomic E-state index is 13.5. The quantitative estimate of drug-likeness (QED) is 0.604. The van der Waals surface area contributed by atoms with Gasteiger partial charge in [-0.25, -0.2) is 13.8 Å². The zero-order valence-corrected chi connectivity index (χ0v) is 16.4. The van der Waals surface area contributed by atoms with Gasteiger partial charge in [0.05, 0.1) is 36.0 Å². The summed E-state index contributed by atoms with van der Waals surface area (Å²) in [5.41, 5.74) is 1.71. The number of aryl methyl sites for hydroxylation is 1. The molecular formula is C20H16F2N2O4S. The number of nitrogens with zero attached hydrogens (tertiary/aromatic N) is 2. The van der Waals surface area contributed by atoms with Crippen LogP contribution < -0.4 is 9.64 Å². The maximum atomic E-state index is 13.5. The van der Waals surface area contributed by atoms with Gasteiger partial charge in [-0.15, -0.1) is 11.3 Å². The summed E-state index contributed by atoms with van der Waals surface area (Å²) < 4.78 is 37.9. The number of hydrogen-bond acceptors (Lipinski definition) is 6. The number of halogens is 2. The van der Waals surface area contributed by atoms with Crippen LogP contribution in [0, 0.1) is 18.6 Å². The Labute approximate surface area is 168 Å². The van der Waals surface area contributed by atoms with Crippen LogP contribution >= 0.6 is 11.3 Å². The highest BCUT2D eigenvalue weighted by atomic mass is 32.1. The predicted octanol–water partition coefficient (Wildman–Crippen LogP) is 3.74. The van der Waals surface area contributed by atoms with Gasteiger partial charge >= 0.3 is 5.97 Å². The van der Waals surface area contributed by atoms with E-state index in [1.54, 1.807) is 12.1 Å². The molecule has 0 aliphatic carbocycles. The monoisotopic (exact) mass is 418 g/mol. The van der Waals surface area contributed by atoms with E-state index < -0.39 is 29.6 Å². The summed E-state index contributed by atoms with van der Waals surface area (Å²) in [6, 6.07) is 7.47. The van der Waals surface area contributed by atoms with Crippen molar-refractivity contribution in [1.82, 2.24) is 4.98 Å². The first-order valence-corrected chi connectivity index (χ1v) is 9.58. The van der Waals surface area contributed by atoms with Gasteiger partial charge in [0.25, 0.3) is 5.91 Å². The number of esters is 1. The van der Waals surface area contributed by atoms with E-state index in [1.165, 1.54) is 23.3 Å². The number of anilines is 1. The van der Waals surface area contributed by atoms with Crippen molar-refractivity contribution >= 4 is 39.1 Å². The molecule has 150 valence electrons. The first-order chi connectivity index (χ1) is 13.9. The first kappa shape index (κ1) is 19.3. The van der Waals surface area contributed by atoms with Crippen LogP contribution in [0.15, 0.2) is 30.3 Å². The fraction of sp³-hybridized carbons (Fsp3) is 0.250. The highest BCUT2D eigenvalue weighted by Gasteiger charge is 2.37. The van der Waals surface area contributed by atoms with E-state index >= 15 is 0 Å². The molecule has 1 aliphatic rings. The molecule has 0 N–H and O–H groups in total. The standard InChI is InChI=1S/C20H16F2N2O4S/c1-10-4-3-5-14-19(10)24(20(26)15(28-14)8-18(25)27-2)9-17-23-13-6-11(21)12(22)7-16(13)29-17/h3-7,15H,8-9H2,1-2H3. The predicted molar refractivity (Wildman–Crippen MR) is 103 cm³/mol. The van der Waals surface area contributed by atoms with Crippen molar-refractivity contribution < 1.29 is 27.8 Å². The van der Waals surface area contributed by atoms with Gasteiger partial charge in [-0.1, -0.05) is 12.1 Å². The number of carbonyl (C=O) groups excluding carboxylic acids is 2. The molecule has 1 atom stereocenters. The summed E-state index contributed by atoms with van der Waals surface area (Å²) in [5.74, 6) is -2.43. The normalized spacial score (nSPS) is 15.9. The molecule has 2 heterocycles. The van der Waals surface area contributed by atoms with Gasteiger partial charge in [-0.2, -0.15) is 0 Å². The zero-order valence-electron chi connectivity index (χ0n) is 15.6. The molecule has 1 aromatic heterocycles. The van der Waals surface area contributed by atoms with E-state index in [1.807, 2.05) is 13.0 Å². The summed E-state index contributed by atoms with van der Waals surface area (Å²) in [5, 5.41) is 0.506. The van der Waals surface area contributed by atoms with E-state index in [2.05, 4.69) is 9.72 Å². The van der Waals surface area contributed by atoms with Crippen LogP contribution in [-0.2, 0) is 20.9 Å². The molecule has 0 bridgehead atoms. The molecular weight excluding hydrogens is 402 g/mol. The average Bonchev–Trinajstić information content (AvgIpc) is 3.06. The number of rotatable bonds is 4. The van der Waals surface area contributed by atoms with Crippen molar-refractivity contribution in [2.75, 3.05) is 12.0 Å². The molecule has 2 aromatic carbocycles. The second-order valence-electron chi connectivity index (χ2n) is 6.57. The molecule has 0 spiro atoms. The lowest BCUT2D eigenvalue weighted by Crippen LogP contribution is -2.46. The van der Waals surface area contributed by atoms with Crippen molar-refractivity contribution in [3.8, 4) is 5.75 Å². The molecule has 1 amide bonds. The Balaban J connectivity index is 1.72. The van der Waals surface area contributed by atoms with Crippen molar-refractivity contribution in [2.45, 2.75) is 26.0 Å². The maximum Gasteiger partial charge on any atom is 0.309 e. The number of benzene rings is 2. The summed E-state index contributed by atoms with van der Waals surface area (Å²) in [6.45, 7) is 1.92. The minimum atomic E-state index is -1.03. The SMILES string of the molecule is COC(=O)CC1Oc2cccc(C)c2N(Cc2nc3cc(F)c(F)cc3s2)C1=O. The fourth-order valence-electron chi connectivity index (χ4n) is 3.26. The minimum absolute atomic E-state index is 0.0836. The lowest BCUT2D eigenvalue weighted by atomic mass is 10.1. The van der Waals surface area contributed by atoms with E-state index in [-0.39, 0.29) is 13.0 Å². The number of carbonyl (C=O) groups is 2. The van der Waals surface area contributed by atoms with Crippen molar-refractivity contribution in [2.24, 2.45) is 0 Å². The van der Waals surface area contributed by atoms with Gasteiger partial charge in [0, 0.05) is 6.07 Å². The number of thiazole rings is 1. The third-order valence-corrected chi connectivity index (χ3v) is 5.63. The number of para-hydroxylation sites is 1. The highest BCUT2D eigenvalue weighted by Crippen LogP contribution is 2.39. The molecule has 9 heteroatoms. The number of ether oxygens (including phenoxy) is 2. The second kappa shape index (κ2) is 7.40. The molecule has 1 unspecified atom stereocenters. The Morgan fingerprint density at radius 3 is 2.83 bits per heavy atom. The van der Waals surface area contributed by atoms with Gasteiger partial charge in [-0.05, 0) is 24.6 Å². The Kier molecular flexibility index (Phi) is 4.91. The van der Waals surface area contributed by atoms with Gasteiger partial charge < -0.3 is 9.47 Å². The van der Waals surface area contributed by atoms with Crippen LogP contribution in [0.2, 0.25) is 0 Å². The second-order valence-corrected chi connectivity index (χ2v) is 7.69. The topological polar surface area (TPSA) is 68.7 Å². The van der Waals surface area contributed by atoms with Crippen LogP contribution in [0.4, 0.5) is 14.5 Å². The fourth-order valence-corrected chi connectivity index (χ4v) is 4.22. The molecule has 3 aromatic rings. The molecule has 0 radical (unpaired) electrons. The summed E-state index contributed by atoms with van der Waals surface area (Å²) in [7, 11) is 1.24. The smallest absolute Gasteiger partial charge is 0.309 e. The van der Waals surface area contributed by atoms with E-state index in [9.17, 15) is 18.4 Å². The molecule has 0 fully saturated rings. The largest absolute Gasteiger partial charge is 0.478 e. The number of hydrogen-bond donors (Lipinski definition) is 0. The van der Waals surface area contributed by atoms with Crippen LogP contribution in [0.5, 0.6) is 5.75 Å². The van der Waals surface area contributed by atoms with Crippen LogP contribution in [0.1, 0.15) is 17.0 Å². The van der Waals surface area contributed by atoms with Crippen LogP contribution in [0.3, 0.4) is 0 Å². The summed E-state index contributed by atoms with van der Waals surface area (Å²) >= 11 is 1.17. The Morgan fingerprint density at radius 2 is 2.07 bits per heavy atom. The van der Waals surface area contributed by atoms with Gasteiger partial charge in [0.15, 0.2) is 17.7 Å². The third kappa shape index (κ3) is 3.53. The Bertz CT molecular complexity index is 1090. The Hall–Kier alpha value is -3.07. The van der Waals surface area contributed by atoms with E-state index in [4.69, 9.17) is 4.74 Å². The molecule has 1 aliphatic heterocycles. The minimum Gasteiger partial charge on any atom is -0.478 e. The number of methoxy groups -OCH3 is 1. The van der Waals surface area contributed by atoms with Crippen molar-refractivity contribution in [1.29, 1.82) is 0 Å². The highest BCUT2D eigenvalue weighted by molar-refractivity contribution is 7.18. The van der Waals surface area contributed by atoms with Crippen molar-refractivity contribution in [3.05, 3.63) is 52.5 Å². The first-order valence-electron chi connectivity index (χ1n) is 8.76. The Morgan fingerprint density at radius 1 is 1.31 bits per heavy atom. The van der Waals surface area contributed by atoms with E-state index in [0.717, 1.165) is 17.7 Å². The third-order valence-electron chi connectivity index (χ3n) is 4.63. The summed E-state index contributed by atoms with van der Waals surface area (Å²) in [4.78, 5) is 30.6. The van der Waals surface area contributed by atoms with Crippen LogP contribution in [0.25, 0.3) is 10.2 Å². The lowest BCUT2D eigenvalue weighted by molar-refractivity contribution is -0.145. The lowest BCUT2D eigenvalue weighted by Gasteiger charge is -2.34. The van der Waals surface area contributed by atoms with Gasteiger partial charge in [-0.3, -0.25) is 14.5 Å². The van der Waals surface area contributed by atoms with Gasteiger partial charge in [0.2, 0.25) is 0 Å². The zero-order chi connectivity index (χ0) is 20.7. The molecule has 0 saturated carbocycles. The number of aromatic nitrogens is 1. The average molecular weight is 418 g/mol. The van der Waals surface area contributed by atoms with Crippen molar-refractivity contribution in [3.63, 3.8) is 0 Å². The summed E-state index contributed by atoms with van der Waals surface area (Å²) in [6.07, 6.45) is -1.25. The van der Waals surface area contributed by atoms with Gasteiger partial charge in [0.1, 0.15) is 10.8 Å².